The number of aliphatic carboxylic acids is 1. The number of fused-ring (bicyclic) bond motifs is 1. The number of carbonyl (C=O) groups is 1. The van der Waals surface area contributed by atoms with Crippen LogP contribution in [0.15, 0.2) is 11.8 Å². The summed E-state index contributed by atoms with van der Waals surface area (Å²) in [5, 5.41) is 8.51. The van der Waals surface area contributed by atoms with E-state index in [1.165, 1.54) is 6.42 Å². The monoisotopic (exact) mass is 153 g/mol. The van der Waals surface area contributed by atoms with E-state index in [9.17, 15) is 4.79 Å². The van der Waals surface area contributed by atoms with Crippen LogP contribution in [0.4, 0.5) is 0 Å². The molecule has 2 heterocycles. The molecule has 2 aliphatic heterocycles. The van der Waals surface area contributed by atoms with Crippen molar-refractivity contribution in [3.05, 3.63) is 11.8 Å². The Bertz CT molecular complexity index is 222. The largest absolute Gasteiger partial charge is 0.481 e. The Hall–Kier alpha value is -0.990. The molecular weight excluding hydrogens is 142 g/mol. The van der Waals surface area contributed by atoms with Gasteiger partial charge in [0.25, 0.3) is 0 Å². The fourth-order valence-electron chi connectivity index (χ4n) is 1.75. The molecule has 2 aliphatic rings. The number of hydrogen-bond donors (Lipinski definition) is 1. The second kappa shape index (κ2) is 2.26. The third-order valence-corrected chi connectivity index (χ3v) is 2.41. The molecule has 1 fully saturated rings. The first-order chi connectivity index (χ1) is 5.25. The predicted molar refractivity (Wildman–Crippen MR) is 40.1 cm³/mol. The summed E-state index contributed by atoms with van der Waals surface area (Å²) in [5.41, 5.74) is 1.08. The third-order valence-electron chi connectivity index (χ3n) is 2.41. The van der Waals surface area contributed by atoms with Crippen LogP contribution in [0.25, 0.3) is 0 Å². The van der Waals surface area contributed by atoms with Crippen LogP contribution in [-0.4, -0.2) is 28.6 Å². The summed E-state index contributed by atoms with van der Waals surface area (Å²) in [5.74, 6) is -0.709. The van der Waals surface area contributed by atoms with Crippen molar-refractivity contribution in [2.45, 2.75) is 25.3 Å². The Labute approximate surface area is 65.3 Å². The maximum atomic E-state index is 10.3. The SMILES string of the molecule is O=C(O)CC1=CN2CCC2C1. The summed E-state index contributed by atoms with van der Waals surface area (Å²) in [7, 11) is 0. The van der Waals surface area contributed by atoms with Crippen molar-refractivity contribution in [2.75, 3.05) is 6.54 Å². The minimum absolute atomic E-state index is 0.229. The molecule has 1 atom stereocenters. The average molecular weight is 153 g/mol. The Kier molecular flexibility index (Phi) is 1.37. The lowest BCUT2D eigenvalue weighted by atomic mass is 10.0. The molecule has 0 aromatic heterocycles. The molecule has 0 aliphatic carbocycles. The molecule has 11 heavy (non-hydrogen) atoms. The van der Waals surface area contributed by atoms with Crippen LogP contribution in [0.3, 0.4) is 0 Å². The normalized spacial score (nSPS) is 27.5. The van der Waals surface area contributed by atoms with Crippen molar-refractivity contribution in [1.29, 1.82) is 0 Å². The van der Waals surface area contributed by atoms with Crippen molar-refractivity contribution in [3.63, 3.8) is 0 Å². The maximum Gasteiger partial charge on any atom is 0.307 e. The molecular formula is C8H11NO2. The second-order valence-corrected chi connectivity index (χ2v) is 3.24. The van der Waals surface area contributed by atoms with Gasteiger partial charge in [0.05, 0.1) is 6.42 Å². The average Bonchev–Trinajstić information content (AvgIpc) is 2.12. The minimum Gasteiger partial charge on any atom is -0.481 e. The molecule has 0 amide bonds. The zero-order valence-corrected chi connectivity index (χ0v) is 6.29. The molecule has 1 N–H and O–H groups in total. The fraction of sp³-hybridized carbons (Fsp3) is 0.625. The number of carboxylic acids is 1. The Balaban J connectivity index is 1.95. The highest BCUT2D eigenvalue weighted by Crippen LogP contribution is 2.32. The summed E-state index contributed by atoms with van der Waals surface area (Å²) in [6.45, 7) is 1.12. The molecule has 3 nitrogen and oxygen atoms in total. The van der Waals surface area contributed by atoms with Crippen LogP contribution in [0.2, 0.25) is 0 Å². The van der Waals surface area contributed by atoms with Gasteiger partial charge in [-0.2, -0.15) is 0 Å². The highest BCUT2D eigenvalue weighted by atomic mass is 16.4. The van der Waals surface area contributed by atoms with Gasteiger partial charge in [0.15, 0.2) is 0 Å². The minimum atomic E-state index is -0.709. The van der Waals surface area contributed by atoms with Gasteiger partial charge in [0, 0.05) is 12.6 Å². The molecule has 0 spiro atoms. The lowest BCUT2D eigenvalue weighted by molar-refractivity contribution is -0.136. The molecule has 0 radical (unpaired) electrons. The van der Waals surface area contributed by atoms with Crippen molar-refractivity contribution in [3.8, 4) is 0 Å². The molecule has 0 aromatic carbocycles. The quantitative estimate of drug-likeness (QED) is 0.638. The van der Waals surface area contributed by atoms with Crippen molar-refractivity contribution < 1.29 is 9.90 Å². The molecule has 3 heteroatoms. The number of rotatable bonds is 2. The topological polar surface area (TPSA) is 40.5 Å². The molecule has 60 valence electrons. The van der Waals surface area contributed by atoms with Crippen molar-refractivity contribution in [2.24, 2.45) is 0 Å². The van der Waals surface area contributed by atoms with Crippen LogP contribution in [0.1, 0.15) is 19.3 Å². The van der Waals surface area contributed by atoms with E-state index in [2.05, 4.69) is 4.90 Å². The maximum absolute atomic E-state index is 10.3. The van der Waals surface area contributed by atoms with E-state index in [1.54, 1.807) is 0 Å². The van der Waals surface area contributed by atoms with Crippen LogP contribution in [0.5, 0.6) is 0 Å². The standard InChI is InChI=1S/C8H11NO2/c10-8(11)4-6-3-7-1-2-9(7)5-6/h5,7H,1-4H2,(H,10,11). The fourth-order valence-corrected chi connectivity index (χ4v) is 1.75. The van der Waals surface area contributed by atoms with Gasteiger partial charge in [-0.05, 0) is 24.6 Å². The van der Waals surface area contributed by atoms with E-state index in [0.717, 1.165) is 18.5 Å². The highest BCUT2D eigenvalue weighted by molar-refractivity contribution is 5.70. The molecule has 0 saturated carbocycles. The van der Waals surface area contributed by atoms with Gasteiger partial charge in [0.1, 0.15) is 0 Å². The van der Waals surface area contributed by atoms with Gasteiger partial charge in [-0.25, -0.2) is 0 Å². The first-order valence-corrected chi connectivity index (χ1v) is 3.93. The lowest BCUT2D eigenvalue weighted by Gasteiger charge is -2.35. The third kappa shape index (κ3) is 1.11. The van der Waals surface area contributed by atoms with Gasteiger partial charge < -0.3 is 10.0 Å². The summed E-state index contributed by atoms with van der Waals surface area (Å²) in [6.07, 6.45) is 4.46. The zero-order valence-electron chi connectivity index (χ0n) is 6.29. The van der Waals surface area contributed by atoms with E-state index in [-0.39, 0.29) is 6.42 Å². The van der Waals surface area contributed by atoms with Crippen LogP contribution in [-0.2, 0) is 4.79 Å². The molecule has 1 unspecified atom stereocenters. The van der Waals surface area contributed by atoms with E-state index < -0.39 is 5.97 Å². The predicted octanol–water partition coefficient (Wildman–Crippen LogP) is 0.823. The van der Waals surface area contributed by atoms with E-state index >= 15 is 0 Å². The van der Waals surface area contributed by atoms with E-state index in [0.29, 0.717) is 6.04 Å². The van der Waals surface area contributed by atoms with E-state index in [4.69, 9.17) is 5.11 Å². The summed E-state index contributed by atoms with van der Waals surface area (Å²) in [4.78, 5) is 12.6. The van der Waals surface area contributed by atoms with Crippen molar-refractivity contribution >= 4 is 5.97 Å². The van der Waals surface area contributed by atoms with Crippen LogP contribution in [0, 0.1) is 0 Å². The van der Waals surface area contributed by atoms with Gasteiger partial charge in [-0.15, -0.1) is 0 Å². The Morgan fingerprint density at radius 1 is 1.82 bits per heavy atom. The molecule has 0 aromatic rings. The second-order valence-electron chi connectivity index (χ2n) is 3.24. The Morgan fingerprint density at radius 3 is 3.00 bits per heavy atom. The zero-order chi connectivity index (χ0) is 7.84. The smallest absolute Gasteiger partial charge is 0.307 e. The number of nitrogens with zero attached hydrogens (tertiary/aromatic N) is 1. The number of carboxylic acid groups (broad SMARTS) is 1. The van der Waals surface area contributed by atoms with Gasteiger partial charge in [-0.1, -0.05) is 0 Å². The van der Waals surface area contributed by atoms with Crippen LogP contribution >= 0.6 is 0 Å². The number of hydrogen-bond acceptors (Lipinski definition) is 2. The molecule has 2 rings (SSSR count). The van der Waals surface area contributed by atoms with Gasteiger partial charge >= 0.3 is 5.97 Å². The Morgan fingerprint density at radius 2 is 2.64 bits per heavy atom. The summed E-state index contributed by atoms with van der Waals surface area (Å²) >= 11 is 0. The molecule has 1 saturated heterocycles. The van der Waals surface area contributed by atoms with Gasteiger partial charge in [-0.3, -0.25) is 4.79 Å². The summed E-state index contributed by atoms with van der Waals surface area (Å²) < 4.78 is 0. The van der Waals surface area contributed by atoms with Crippen molar-refractivity contribution in [1.82, 2.24) is 4.90 Å². The van der Waals surface area contributed by atoms with Crippen LogP contribution < -0.4 is 0 Å². The lowest BCUT2D eigenvalue weighted by Crippen LogP contribution is -2.40. The molecule has 0 bridgehead atoms. The summed E-state index contributed by atoms with van der Waals surface area (Å²) in [6, 6.07) is 0.643. The first-order valence-electron chi connectivity index (χ1n) is 3.93. The van der Waals surface area contributed by atoms with E-state index in [1.807, 2.05) is 6.20 Å². The van der Waals surface area contributed by atoms with Gasteiger partial charge in [0.2, 0.25) is 0 Å². The highest BCUT2D eigenvalue weighted by Gasteiger charge is 2.31. The first kappa shape index (κ1) is 6.70.